The first-order valence-electron chi connectivity index (χ1n) is 6.84. The average molecular weight is 280 g/mol. The van der Waals surface area contributed by atoms with Gasteiger partial charge in [-0.3, -0.25) is 10.1 Å². The van der Waals surface area contributed by atoms with Crippen molar-refractivity contribution in [2.75, 3.05) is 37.0 Å². The van der Waals surface area contributed by atoms with Gasteiger partial charge in [-0.1, -0.05) is 0 Å². The van der Waals surface area contributed by atoms with Crippen molar-refractivity contribution >= 4 is 17.3 Å². The van der Waals surface area contributed by atoms with Crippen LogP contribution < -0.4 is 10.2 Å². The van der Waals surface area contributed by atoms with E-state index in [2.05, 4.69) is 15.2 Å². The van der Waals surface area contributed by atoms with Crippen LogP contribution in [0.4, 0.5) is 17.3 Å². The lowest BCUT2D eigenvalue weighted by Crippen LogP contribution is -2.37. The molecule has 7 nitrogen and oxygen atoms in total. The molecule has 1 aliphatic rings. The summed E-state index contributed by atoms with van der Waals surface area (Å²) in [6.45, 7) is 4.33. The molecule has 20 heavy (non-hydrogen) atoms. The maximum absolute atomic E-state index is 11.0. The second kappa shape index (κ2) is 6.51. The Morgan fingerprint density at radius 1 is 1.50 bits per heavy atom. The topological polar surface area (TPSA) is 80.5 Å². The highest BCUT2D eigenvalue weighted by molar-refractivity contribution is 5.55. The maximum atomic E-state index is 11.0. The van der Waals surface area contributed by atoms with Gasteiger partial charge in [0.1, 0.15) is 11.6 Å². The minimum absolute atomic E-state index is 0.0614. The van der Waals surface area contributed by atoms with E-state index < -0.39 is 0 Å². The van der Waals surface area contributed by atoms with Gasteiger partial charge in [-0.25, -0.2) is 4.98 Å². The molecular formula is C13H20N4O3. The molecule has 0 radical (unpaired) electrons. The van der Waals surface area contributed by atoms with E-state index in [4.69, 9.17) is 4.74 Å². The van der Waals surface area contributed by atoms with Crippen LogP contribution in [0.25, 0.3) is 0 Å². The number of rotatable bonds is 5. The van der Waals surface area contributed by atoms with Gasteiger partial charge < -0.3 is 15.0 Å². The van der Waals surface area contributed by atoms with Crippen molar-refractivity contribution in [2.24, 2.45) is 0 Å². The van der Waals surface area contributed by atoms with Crippen molar-refractivity contribution in [1.82, 2.24) is 4.98 Å². The normalized spacial score (nSPS) is 16.2. The molecule has 0 aromatic carbocycles. The minimum atomic E-state index is -0.390. The van der Waals surface area contributed by atoms with Gasteiger partial charge in [-0.2, -0.15) is 0 Å². The largest absolute Gasteiger partial charge is 0.378 e. The molecule has 1 aromatic heterocycles. The fraction of sp³-hybridized carbons (Fsp3) is 0.615. The molecule has 0 saturated carbocycles. The van der Waals surface area contributed by atoms with Crippen LogP contribution in [-0.4, -0.2) is 42.8 Å². The quantitative estimate of drug-likeness (QED) is 0.656. The molecule has 1 saturated heterocycles. The van der Waals surface area contributed by atoms with Gasteiger partial charge in [0.15, 0.2) is 0 Å². The lowest BCUT2D eigenvalue weighted by Gasteiger charge is -2.32. The molecule has 1 aliphatic heterocycles. The van der Waals surface area contributed by atoms with Crippen molar-refractivity contribution in [3.8, 4) is 0 Å². The zero-order chi connectivity index (χ0) is 14.5. The van der Waals surface area contributed by atoms with Crippen LogP contribution in [0.2, 0.25) is 0 Å². The van der Waals surface area contributed by atoms with Crippen LogP contribution in [0.15, 0.2) is 12.1 Å². The summed E-state index contributed by atoms with van der Waals surface area (Å²) >= 11 is 0. The van der Waals surface area contributed by atoms with Gasteiger partial charge in [0.25, 0.3) is 5.69 Å². The molecule has 1 fully saturated rings. The molecule has 0 amide bonds. The molecule has 0 unspecified atom stereocenters. The number of anilines is 2. The van der Waals surface area contributed by atoms with E-state index in [-0.39, 0.29) is 10.6 Å². The molecule has 2 rings (SSSR count). The Hall–Kier alpha value is -1.89. The molecule has 1 N–H and O–H groups in total. The van der Waals surface area contributed by atoms with Gasteiger partial charge in [-0.05, 0) is 19.8 Å². The van der Waals surface area contributed by atoms with Crippen LogP contribution in [-0.2, 0) is 4.74 Å². The number of piperidine rings is 1. The van der Waals surface area contributed by atoms with Crippen molar-refractivity contribution < 1.29 is 9.66 Å². The Kier molecular flexibility index (Phi) is 4.73. The van der Waals surface area contributed by atoms with Crippen LogP contribution in [0.5, 0.6) is 0 Å². The molecule has 110 valence electrons. The number of nitrogens with zero attached hydrogens (tertiary/aromatic N) is 3. The van der Waals surface area contributed by atoms with Crippen molar-refractivity contribution in [3.63, 3.8) is 0 Å². The fourth-order valence-electron chi connectivity index (χ4n) is 2.38. The van der Waals surface area contributed by atoms with Gasteiger partial charge in [0, 0.05) is 26.7 Å². The van der Waals surface area contributed by atoms with E-state index in [1.54, 1.807) is 7.05 Å². The van der Waals surface area contributed by atoms with E-state index in [9.17, 15) is 10.1 Å². The SMILES string of the molecule is CCOC1CCN(c2cc([N+](=O)[O-])cc(NC)n2)CC1. The first-order valence-corrected chi connectivity index (χ1v) is 6.84. The Labute approximate surface area is 118 Å². The Balaban J connectivity index is 2.12. The molecular weight excluding hydrogens is 260 g/mol. The van der Waals surface area contributed by atoms with E-state index in [0.29, 0.717) is 17.7 Å². The summed E-state index contributed by atoms with van der Waals surface area (Å²) in [5.74, 6) is 1.17. The maximum Gasteiger partial charge on any atom is 0.276 e. The minimum Gasteiger partial charge on any atom is -0.378 e. The molecule has 0 bridgehead atoms. The smallest absolute Gasteiger partial charge is 0.276 e. The molecule has 0 spiro atoms. The summed E-state index contributed by atoms with van der Waals surface area (Å²) in [4.78, 5) is 17.0. The lowest BCUT2D eigenvalue weighted by molar-refractivity contribution is -0.384. The third-order valence-electron chi connectivity index (χ3n) is 3.43. The zero-order valence-electron chi connectivity index (χ0n) is 11.8. The fourth-order valence-corrected chi connectivity index (χ4v) is 2.38. The number of hydrogen-bond acceptors (Lipinski definition) is 6. The van der Waals surface area contributed by atoms with Crippen molar-refractivity contribution in [1.29, 1.82) is 0 Å². The Bertz CT molecular complexity index is 473. The summed E-state index contributed by atoms with van der Waals surface area (Å²) in [6.07, 6.45) is 2.14. The molecule has 2 heterocycles. The van der Waals surface area contributed by atoms with E-state index in [0.717, 1.165) is 32.5 Å². The number of nitrogens with one attached hydrogen (secondary N) is 1. The number of ether oxygens (including phenoxy) is 1. The van der Waals surface area contributed by atoms with Crippen molar-refractivity contribution in [2.45, 2.75) is 25.9 Å². The number of aromatic nitrogens is 1. The van der Waals surface area contributed by atoms with E-state index in [1.165, 1.54) is 12.1 Å². The summed E-state index contributed by atoms with van der Waals surface area (Å²) in [5, 5.41) is 13.8. The molecule has 1 aromatic rings. The number of nitro groups is 1. The van der Waals surface area contributed by atoms with Crippen LogP contribution in [0.3, 0.4) is 0 Å². The lowest BCUT2D eigenvalue weighted by atomic mass is 10.1. The third kappa shape index (κ3) is 3.36. The van der Waals surface area contributed by atoms with Crippen LogP contribution in [0.1, 0.15) is 19.8 Å². The number of hydrogen-bond donors (Lipinski definition) is 1. The summed E-state index contributed by atoms with van der Waals surface area (Å²) in [7, 11) is 1.71. The van der Waals surface area contributed by atoms with Gasteiger partial charge >= 0.3 is 0 Å². The van der Waals surface area contributed by atoms with Gasteiger partial charge in [-0.15, -0.1) is 0 Å². The highest BCUT2D eigenvalue weighted by Gasteiger charge is 2.22. The van der Waals surface area contributed by atoms with Gasteiger partial charge in [0.2, 0.25) is 0 Å². The molecule has 7 heteroatoms. The summed E-state index contributed by atoms with van der Waals surface area (Å²) in [6, 6.07) is 2.97. The number of pyridine rings is 1. The highest BCUT2D eigenvalue weighted by Crippen LogP contribution is 2.26. The molecule has 0 atom stereocenters. The second-order valence-electron chi connectivity index (χ2n) is 4.72. The summed E-state index contributed by atoms with van der Waals surface area (Å²) < 4.78 is 5.61. The predicted octanol–water partition coefficient (Wildman–Crippen LogP) is 2.04. The van der Waals surface area contributed by atoms with Crippen LogP contribution in [0, 0.1) is 10.1 Å². The first-order chi connectivity index (χ1) is 9.63. The van der Waals surface area contributed by atoms with Crippen LogP contribution >= 0.6 is 0 Å². The highest BCUT2D eigenvalue weighted by atomic mass is 16.6. The first kappa shape index (κ1) is 14.5. The second-order valence-corrected chi connectivity index (χ2v) is 4.72. The summed E-state index contributed by atoms with van der Waals surface area (Å²) in [5.41, 5.74) is 0.0614. The van der Waals surface area contributed by atoms with E-state index >= 15 is 0 Å². The van der Waals surface area contributed by atoms with E-state index in [1.807, 2.05) is 6.92 Å². The van der Waals surface area contributed by atoms with Gasteiger partial charge in [0.05, 0.1) is 23.2 Å². The average Bonchev–Trinajstić information content (AvgIpc) is 2.47. The zero-order valence-corrected chi connectivity index (χ0v) is 11.8. The standard InChI is InChI=1S/C13H20N4O3/c1-3-20-11-4-6-16(7-5-11)13-9-10(17(18)19)8-12(14-2)15-13/h8-9,11H,3-7H2,1-2H3,(H,14,15). The Morgan fingerprint density at radius 2 is 2.20 bits per heavy atom. The van der Waals surface area contributed by atoms with Crippen molar-refractivity contribution in [3.05, 3.63) is 22.2 Å². The monoisotopic (exact) mass is 280 g/mol. The predicted molar refractivity (Wildman–Crippen MR) is 77.3 cm³/mol. The molecule has 0 aliphatic carbocycles. The third-order valence-corrected chi connectivity index (χ3v) is 3.43. The Morgan fingerprint density at radius 3 is 2.75 bits per heavy atom.